The number of rotatable bonds is 10. The van der Waals surface area contributed by atoms with E-state index in [0.717, 1.165) is 45.2 Å². The van der Waals surface area contributed by atoms with Crippen molar-refractivity contribution < 1.29 is 9.53 Å². The molecule has 122 valence electrons. The molecule has 0 N–H and O–H groups in total. The fraction of sp³-hybridized carbons (Fsp3) is 0.833. The maximum atomic E-state index is 12.1. The van der Waals surface area contributed by atoms with Crippen molar-refractivity contribution in [2.75, 3.05) is 20.1 Å². The Labute approximate surface area is 130 Å². The highest BCUT2D eigenvalue weighted by Gasteiger charge is 2.28. The highest BCUT2D eigenvalue weighted by Crippen LogP contribution is 2.22. The molecule has 1 saturated heterocycles. The Kier molecular flexibility index (Phi) is 8.67. The molecule has 1 aliphatic rings. The second-order valence-electron chi connectivity index (χ2n) is 6.55. The maximum Gasteiger partial charge on any atom is 0.306 e. The van der Waals surface area contributed by atoms with Crippen LogP contribution in [0.1, 0.15) is 59.3 Å². The third-order valence-corrected chi connectivity index (χ3v) is 4.27. The van der Waals surface area contributed by atoms with E-state index in [4.69, 9.17) is 4.74 Å². The van der Waals surface area contributed by atoms with E-state index in [0.29, 0.717) is 18.3 Å². The lowest BCUT2D eigenvalue weighted by Crippen LogP contribution is -2.45. The molecule has 0 bridgehead atoms. The average molecular weight is 295 g/mol. The number of likely N-dealkylation sites (tertiary alicyclic amines) is 1. The molecule has 3 nitrogen and oxygen atoms in total. The number of nitrogens with zero attached hydrogens (tertiary/aromatic N) is 1. The molecule has 0 spiro atoms. The third-order valence-electron chi connectivity index (χ3n) is 4.27. The zero-order valence-corrected chi connectivity index (χ0v) is 14.3. The average Bonchev–Trinajstić information content (AvgIpc) is 2.41. The number of hydrogen-bond donors (Lipinski definition) is 0. The first-order valence-corrected chi connectivity index (χ1v) is 8.59. The number of ether oxygens (including phenoxy) is 1. The largest absolute Gasteiger partial charge is 0.462 e. The first kappa shape index (κ1) is 18.2. The number of carbonyl (C=O) groups is 1. The van der Waals surface area contributed by atoms with E-state index in [2.05, 4.69) is 44.9 Å². The summed E-state index contributed by atoms with van der Waals surface area (Å²) >= 11 is 0. The van der Waals surface area contributed by atoms with Crippen LogP contribution in [-0.4, -0.2) is 37.1 Å². The van der Waals surface area contributed by atoms with Gasteiger partial charge in [0, 0.05) is 13.1 Å². The van der Waals surface area contributed by atoms with Crippen LogP contribution < -0.4 is 0 Å². The summed E-state index contributed by atoms with van der Waals surface area (Å²) in [5.74, 6) is 0.914. The minimum absolute atomic E-state index is 0.000485. The lowest BCUT2D eigenvalue weighted by Gasteiger charge is -2.36. The van der Waals surface area contributed by atoms with Gasteiger partial charge in [0.05, 0.1) is 6.42 Å². The maximum absolute atomic E-state index is 12.1. The molecule has 1 aliphatic heterocycles. The monoisotopic (exact) mass is 295 g/mol. The van der Waals surface area contributed by atoms with Crippen LogP contribution in [-0.2, 0) is 9.53 Å². The number of carbonyl (C=O) groups excluding carboxylic acids is 1. The van der Waals surface area contributed by atoms with E-state index < -0.39 is 0 Å². The normalized spacial score (nSPS) is 19.4. The van der Waals surface area contributed by atoms with Crippen LogP contribution in [0.25, 0.3) is 0 Å². The van der Waals surface area contributed by atoms with E-state index >= 15 is 0 Å². The molecule has 2 unspecified atom stereocenters. The summed E-state index contributed by atoms with van der Waals surface area (Å²) in [4.78, 5) is 14.3. The smallest absolute Gasteiger partial charge is 0.306 e. The van der Waals surface area contributed by atoms with Crippen molar-refractivity contribution in [3.05, 3.63) is 12.2 Å². The minimum atomic E-state index is 0.000485. The SMILES string of the molecule is CC/C=C\CC(C)C(CCCC)OC(=O)CC1CN(C)C1. The molecule has 0 aromatic carbocycles. The number of unbranched alkanes of at least 4 members (excludes halogenated alkanes) is 1. The molecule has 0 aliphatic carbocycles. The molecule has 0 aromatic heterocycles. The zero-order valence-electron chi connectivity index (χ0n) is 14.3. The van der Waals surface area contributed by atoms with Gasteiger partial charge in [0.15, 0.2) is 0 Å². The molecular formula is C18H33NO2. The Hall–Kier alpha value is -0.830. The highest BCUT2D eigenvalue weighted by atomic mass is 16.5. The van der Waals surface area contributed by atoms with E-state index in [1.807, 2.05) is 0 Å². The van der Waals surface area contributed by atoms with Gasteiger partial charge in [-0.3, -0.25) is 4.79 Å². The van der Waals surface area contributed by atoms with Gasteiger partial charge >= 0.3 is 5.97 Å². The molecule has 1 rings (SSSR count). The summed E-state index contributed by atoms with van der Waals surface area (Å²) in [7, 11) is 2.09. The molecule has 0 saturated carbocycles. The van der Waals surface area contributed by atoms with Crippen molar-refractivity contribution in [2.24, 2.45) is 11.8 Å². The van der Waals surface area contributed by atoms with Gasteiger partial charge in [-0.25, -0.2) is 0 Å². The second-order valence-corrected chi connectivity index (χ2v) is 6.55. The topological polar surface area (TPSA) is 29.5 Å². The molecule has 1 fully saturated rings. The standard InChI is InChI=1S/C18H33NO2/c1-5-7-9-10-15(3)17(11-8-6-2)21-18(20)12-16-13-19(4)14-16/h7,9,15-17H,5-6,8,10-14H2,1-4H3/b9-7-. The third kappa shape index (κ3) is 7.12. The summed E-state index contributed by atoms with van der Waals surface area (Å²) in [6.45, 7) is 8.59. The van der Waals surface area contributed by atoms with Gasteiger partial charge in [0.25, 0.3) is 0 Å². The van der Waals surface area contributed by atoms with Crippen LogP contribution in [0.5, 0.6) is 0 Å². The lowest BCUT2D eigenvalue weighted by molar-refractivity contribution is -0.154. The van der Waals surface area contributed by atoms with Gasteiger partial charge in [0.1, 0.15) is 6.10 Å². The van der Waals surface area contributed by atoms with Gasteiger partial charge in [-0.2, -0.15) is 0 Å². The number of hydrogen-bond acceptors (Lipinski definition) is 3. The molecule has 3 heteroatoms. The quantitative estimate of drug-likeness (QED) is 0.450. The van der Waals surface area contributed by atoms with Crippen molar-refractivity contribution in [3.63, 3.8) is 0 Å². The highest BCUT2D eigenvalue weighted by molar-refractivity contribution is 5.70. The van der Waals surface area contributed by atoms with Crippen LogP contribution >= 0.6 is 0 Å². The Morgan fingerprint density at radius 3 is 2.62 bits per heavy atom. The van der Waals surface area contributed by atoms with Gasteiger partial charge in [-0.1, -0.05) is 45.8 Å². The van der Waals surface area contributed by atoms with Gasteiger partial charge in [0.2, 0.25) is 0 Å². The molecule has 21 heavy (non-hydrogen) atoms. The first-order valence-electron chi connectivity index (χ1n) is 8.59. The molecule has 2 atom stereocenters. The van der Waals surface area contributed by atoms with E-state index in [9.17, 15) is 4.79 Å². The Bertz CT molecular complexity index is 321. The van der Waals surface area contributed by atoms with Gasteiger partial charge in [-0.05, 0) is 38.1 Å². The van der Waals surface area contributed by atoms with Gasteiger partial charge < -0.3 is 9.64 Å². The van der Waals surface area contributed by atoms with Crippen LogP contribution in [0, 0.1) is 11.8 Å². The van der Waals surface area contributed by atoms with Crippen molar-refractivity contribution in [2.45, 2.75) is 65.4 Å². The Balaban J connectivity index is 2.39. The minimum Gasteiger partial charge on any atom is -0.462 e. The summed E-state index contributed by atoms with van der Waals surface area (Å²) in [5, 5.41) is 0. The second kappa shape index (κ2) is 9.99. The summed E-state index contributed by atoms with van der Waals surface area (Å²) in [6.07, 6.45) is 10.4. The Morgan fingerprint density at radius 1 is 1.33 bits per heavy atom. The van der Waals surface area contributed by atoms with Crippen LogP contribution in [0.3, 0.4) is 0 Å². The van der Waals surface area contributed by atoms with Crippen LogP contribution in [0.4, 0.5) is 0 Å². The summed E-state index contributed by atoms with van der Waals surface area (Å²) < 4.78 is 5.80. The van der Waals surface area contributed by atoms with Crippen molar-refractivity contribution in [3.8, 4) is 0 Å². The molecule has 0 amide bonds. The first-order chi connectivity index (χ1) is 10.1. The molecule has 1 heterocycles. The molecular weight excluding hydrogens is 262 g/mol. The van der Waals surface area contributed by atoms with Crippen molar-refractivity contribution in [1.29, 1.82) is 0 Å². The van der Waals surface area contributed by atoms with Crippen molar-refractivity contribution in [1.82, 2.24) is 4.90 Å². The van der Waals surface area contributed by atoms with Crippen molar-refractivity contribution >= 4 is 5.97 Å². The van der Waals surface area contributed by atoms with Crippen LogP contribution in [0.2, 0.25) is 0 Å². The zero-order chi connectivity index (χ0) is 15.7. The van der Waals surface area contributed by atoms with Crippen LogP contribution in [0.15, 0.2) is 12.2 Å². The van der Waals surface area contributed by atoms with E-state index in [-0.39, 0.29) is 12.1 Å². The number of allylic oxidation sites excluding steroid dienone is 2. The summed E-state index contributed by atoms with van der Waals surface area (Å²) in [6, 6.07) is 0. The predicted octanol–water partition coefficient (Wildman–Crippen LogP) is 4.03. The predicted molar refractivity (Wildman–Crippen MR) is 88.2 cm³/mol. The fourth-order valence-electron chi connectivity index (χ4n) is 2.90. The van der Waals surface area contributed by atoms with E-state index in [1.165, 1.54) is 0 Å². The van der Waals surface area contributed by atoms with Gasteiger partial charge in [-0.15, -0.1) is 0 Å². The molecule has 0 radical (unpaired) electrons. The Morgan fingerprint density at radius 2 is 2.05 bits per heavy atom. The number of esters is 1. The lowest BCUT2D eigenvalue weighted by atomic mass is 9.95. The summed E-state index contributed by atoms with van der Waals surface area (Å²) in [5.41, 5.74) is 0. The molecule has 0 aromatic rings. The van der Waals surface area contributed by atoms with E-state index in [1.54, 1.807) is 0 Å². The fourth-order valence-corrected chi connectivity index (χ4v) is 2.90.